The fourth-order valence-corrected chi connectivity index (χ4v) is 3.28. The number of hydrogen-bond donors (Lipinski definition) is 3. The highest BCUT2D eigenvalue weighted by Crippen LogP contribution is 2.25. The minimum atomic E-state index is -0.880. The summed E-state index contributed by atoms with van der Waals surface area (Å²) in [7, 11) is 0. The van der Waals surface area contributed by atoms with E-state index in [-0.39, 0.29) is 42.8 Å². The second-order valence-corrected chi connectivity index (χ2v) is 7.77. The van der Waals surface area contributed by atoms with Gasteiger partial charge in [0, 0.05) is 11.7 Å². The van der Waals surface area contributed by atoms with Gasteiger partial charge >= 0.3 is 5.97 Å². The monoisotopic (exact) mass is 420 g/mol. The SMILES string of the molecule is CCOC(=O)c1cc(NC(=O)Cc2ccsc2)ccc1OCC(O)C(N)C(C)C. The van der Waals surface area contributed by atoms with Gasteiger partial charge in [-0.1, -0.05) is 13.8 Å². The van der Waals surface area contributed by atoms with Crippen LogP contribution in [0.3, 0.4) is 0 Å². The van der Waals surface area contributed by atoms with E-state index < -0.39 is 18.1 Å². The first-order valence-electron chi connectivity index (χ1n) is 9.50. The van der Waals surface area contributed by atoms with Crippen molar-refractivity contribution >= 4 is 28.9 Å². The number of amides is 1. The molecule has 0 radical (unpaired) electrons. The lowest BCUT2D eigenvalue weighted by Gasteiger charge is -2.23. The molecular weight excluding hydrogens is 392 g/mol. The molecule has 1 aromatic carbocycles. The van der Waals surface area contributed by atoms with Crippen LogP contribution < -0.4 is 15.8 Å². The van der Waals surface area contributed by atoms with Gasteiger partial charge in [-0.25, -0.2) is 4.79 Å². The van der Waals surface area contributed by atoms with Crippen LogP contribution in [0.25, 0.3) is 0 Å². The highest BCUT2D eigenvalue weighted by atomic mass is 32.1. The predicted molar refractivity (Wildman–Crippen MR) is 113 cm³/mol. The molecule has 0 aliphatic rings. The number of rotatable bonds is 10. The maximum atomic E-state index is 12.3. The molecule has 0 fully saturated rings. The van der Waals surface area contributed by atoms with E-state index in [4.69, 9.17) is 15.2 Å². The Hall–Kier alpha value is -2.42. The maximum absolute atomic E-state index is 12.3. The van der Waals surface area contributed by atoms with E-state index in [1.807, 2.05) is 30.7 Å². The summed E-state index contributed by atoms with van der Waals surface area (Å²) >= 11 is 1.53. The standard InChI is InChI=1S/C21H28N2O5S/c1-4-27-21(26)16-10-15(23-19(25)9-14-7-8-29-12-14)5-6-18(16)28-11-17(24)20(22)13(2)3/h5-8,10,12-13,17,20,24H,4,9,11,22H2,1-3H3,(H,23,25). The summed E-state index contributed by atoms with van der Waals surface area (Å²) in [4.78, 5) is 24.6. The Balaban J connectivity index is 2.12. The molecule has 0 aliphatic heterocycles. The molecule has 2 rings (SSSR count). The minimum Gasteiger partial charge on any atom is -0.490 e. The highest BCUT2D eigenvalue weighted by molar-refractivity contribution is 7.08. The average molecular weight is 421 g/mol. The second kappa shape index (κ2) is 10.9. The lowest BCUT2D eigenvalue weighted by atomic mass is 10.0. The van der Waals surface area contributed by atoms with Crippen LogP contribution in [-0.2, 0) is 16.0 Å². The van der Waals surface area contributed by atoms with E-state index in [9.17, 15) is 14.7 Å². The quantitative estimate of drug-likeness (QED) is 0.510. The van der Waals surface area contributed by atoms with Crippen molar-refractivity contribution in [2.45, 2.75) is 39.3 Å². The van der Waals surface area contributed by atoms with Crippen LogP contribution >= 0.6 is 11.3 Å². The summed E-state index contributed by atoms with van der Waals surface area (Å²) in [5.41, 5.74) is 7.49. The molecule has 158 valence electrons. The number of carbonyl (C=O) groups excluding carboxylic acids is 2. The van der Waals surface area contributed by atoms with Crippen molar-refractivity contribution in [3.8, 4) is 5.75 Å². The first-order valence-corrected chi connectivity index (χ1v) is 10.4. The van der Waals surface area contributed by atoms with Crippen LogP contribution in [0.5, 0.6) is 5.75 Å². The lowest BCUT2D eigenvalue weighted by Crippen LogP contribution is -2.42. The third-order valence-electron chi connectivity index (χ3n) is 4.33. The van der Waals surface area contributed by atoms with Crippen LogP contribution in [-0.4, -0.2) is 42.3 Å². The molecule has 0 spiro atoms. The van der Waals surface area contributed by atoms with Gasteiger partial charge in [-0.2, -0.15) is 11.3 Å². The molecule has 2 aromatic rings. The molecule has 1 amide bonds. The molecule has 1 heterocycles. The van der Waals surface area contributed by atoms with Gasteiger partial charge in [0.1, 0.15) is 24.0 Å². The predicted octanol–water partition coefficient (Wildman–Crippen LogP) is 2.83. The van der Waals surface area contributed by atoms with Gasteiger partial charge in [-0.3, -0.25) is 4.79 Å². The van der Waals surface area contributed by atoms with Crippen molar-refractivity contribution in [3.05, 3.63) is 46.2 Å². The number of nitrogens with one attached hydrogen (secondary N) is 1. The van der Waals surface area contributed by atoms with E-state index in [1.165, 1.54) is 17.4 Å². The molecular formula is C21H28N2O5S. The molecule has 0 aliphatic carbocycles. The smallest absolute Gasteiger partial charge is 0.341 e. The molecule has 0 saturated carbocycles. The fourth-order valence-electron chi connectivity index (χ4n) is 2.62. The number of nitrogens with two attached hydrogens (primary N) is 1. The minimum absolute atomic E-state index is 0.0599. The van der Waals surface area contributed by atoms with Gasteiger partial charge in [-0.15, -0.1) is 0 Å². The van der Waals surface area contributed by atoms with E-state index in [0.29, 0.717) is 5.69 Å². The third-order valence-corrected chi connectivity index (χ3v) is 5.06. The first-order chi connectivity index (χ1) is 13.8. The van der Waals surface area contributed by atoms with Crippen molar-refractivity contribution < 1.29 is 24.2 Å². The van der Waals surface area contributed by atoms with Crippen molar-refractivity contribution in [1.29, 1.82) is 0 Å². The van der Waals surface area contributed by atoms with Crippen LogP contribution in [0.1, 0.15) is 36.7 Å². The van der Waals surface area contributed by atoms with Crippen LogP contribution in [0.4, 0.5) is 5.69 Å². The summed E-state index contributed by atoms with van der Waals surface area (Å²) in [5.74, 6) is -0.419. The number of carbonyl (C=O) groups is 2. The van der Waals surface area contributed by atoms with Crippen molar-refractivity contribution in [2.75, 3.05) is 18.5 Å². The van der Waals surface area contributed by atoms with Gasteiger partial charge in [0.05, 0.1) is 13.0 Å². The number of aliphatic hydroxyl groups is 1. The van der Waals surface area contributed by atoms with E-state index in [1.54, 1.807) is 19.1 Å². The largest absolute Gasteiger partial charge is 0.490 e. The molecule has 1 aromatic heterocycles. The Labute approximate surface area is 174 Å². The van der Waals surface area contributed by atoms with Gasteiger partial charge in [-0.05, 0) is 53.4 Å². The summed E-state index contributed by atoms with van der Waals surface area (Å²) in [6.07, 6.45) is -0.634. The maximum Gasteiger partial charge on any atom is 0.341 e. The summed E-state index contributed by atoms with van der Waals surface area (Å²) < 4.78 is 10.7. The summed E-state index contributed by atoms with van der Waals surface area (Å²) in [5, 5.41) is 16.8. The number of ether oxygens (including phenoxy) is 2. The van der Waals surface area contributed by atoms with Crippen LogP contribution in [0.2, 0.25) is 0 Å². The van der Waals surface area contributed by atoms with Gasteiger partial charge in [0.2, 0.25) is 5.91 Å². The second-order valence-electron chi connectivity index (χ2n) is 6.99. The van der Waals surface area contributed by atoms with E-state index in [0.717, 1.165) is 5.56 Å². The van der Waals surface area contributed by atoms with Gasteiger partial charge in [0.15, 0.2) is 0 Å². The molecule has 0 bridgehead atoms. The zero-order valence-electron chi connectivity index (χ0n) is 16.9. The number of anilines is 1. The molecule has 8 heteroatoms. The van der Waals surface area contributed by atoms with Crippen LogP contribution in [0.15, 0.2) is 35.0 Å². The Kier molecular flexibility index (Phi) is 8.63. The van der Waals surface area contributed by atoms with Crippen molar-refractivity contribution in [2.24, 2.45) is 11.7 Å². The number of benzene rings is 1. The number of aliphatic hydroxyl groups excluding tert-OH is 1. The fraction of sp³-hybridized carbons (Fsp3) is 0.429. The number of thiophene rings is 1. The highest BCUT2D eigenvalue weighted by Gasteiger charge is 2.21. The Morgan fingerprint density at radius 2 is 2.03 bits per heavy atom. The molecule has 2 atom stereocenters. The number of hydrogen-bond acceptors (Lipinski definition) is 7. The van der Waals surface area contributed by atoms with Crippen molar-refractivity contribution in [1.82, 2.24) is 0 Å². The molecule has 7 nitrogen and oxygen atoms in total. The van der Waals surface area contributed by atoms with Crippen molar-refractivity contribution in [3.63, 3.8) is 0 Å². The Bertz CT molecular complexity index is 807. The average Bonchev–Trinajstić information content (AvgIpc) is 3.18. The van der Waals surface area contributed by atoms with Gasteiger partial charge < -0.3 is 25.6 Å². The Morgan fingerprint density at radius 3 is 2.66 bits per heavy atom. The molecule has 4 N–H and O–H groups in total. The lowest BCUT2D eigenvalue weighted by molar-refractivity contribution is -0.115. The topological polar surface area (TPSA) is 111 Å². The van der Waals surface area contributed by atoms with E-state index >= 15 is 0 Å². The zero-order valence-corrected chi connectivity index (χ0v) is 17.7. The molecule has 2 unspecified atom stereocenters. The van der Waals surface area contributed by atoms with Crippen LogP contribution in [0, 0.1) is 5.92 Å². The summed E-state index contributed by atoms with van der Waals surface area (Å²) in [6, 6.07) is 6.15. The normalized spacial score (nSPS) is 13.0. The summed E-state index contributed by atoms with van der Waals surface area (Å²) in [6.45, 7) is 5.66. The third kappa shape index (κ3) is 6.85. The first kappa shape index (κ1) is 22.9. The molecule has 29 heavy (non-hydrogen) atoms. The van der Waals surface area contributed by atoms with Gasteiger partial charge in [0.25, 0.3) is 0 Å². The number of esters is 1. The zero-order chi connectivity index (χ0) is 21.4. The molecule has 0 saturated heterocycles. The Morgan fingerprint density at radius 1 is 1.28 bits per heavy atom. The van der Waals surface area contributed by atoms with E-state index in [2.05, 4.69) is 5.32 Å².